The smallest absolute Gasteiger partial charge is 0.275 e. The molecule has 1 aliphatic carbocycles. The van der Waals surface area contributed by atoms with E-state index in [1.807, 2.05) is 32.0 Å². The second kappa shape index (κ2) is 7.67. The lowest BCUT2D eigenvalue weighted by Crippen LogP contribution is -2.53. The number of amides is 2. The average Bonchev–Trinajstić information content (AvgIpc) is 2.98. The third-order valence-electron chi connectivity index (χ3n) is 6.34. The largest absolute Gasteiger partial charge is 0.368 e. The second-order valence-corrected chi connectivity index (χ2v) is 8.33. The van der Waals surface area contributed by atoms with E-state index in [2.05, 4.69) is 0 Å². The standard InChI is InChI=1S/C24H26FN3O2/c1-15-6-7-18(14-16(15)2)21(22(26)29)28-23(30)20(17-8-10-19(25)11-9-17)27-24(28)12-4-3-5-13-24/h6-11,14,21H,3-5,12-13H2,1-2H3,(H2,26,29). The third kappa shape index (κ3) is 3.40. The van der Waals surface area contributed by atoms with Gasteiger partial charge in [0, 0.05) is 5.56 Å². The molecule has 0 bridgehead atoms. The van der Waals surface area contributed by atoms with Crippen LogP contribution in [0.2, 0.25) is 0 Å². The van der Waals surface area contributed by atoms with Crippen molar-refractivity contribution in [2.75, 3.05) is 0 Å². The van der Waals surface area contributed by atoms with Gasteiger partial charge in [0.2, 0.25) is 5.91 Å². The molecule has 1 heterocycles. The normalized spacial score (nSPS) is 19.1. The Kier molecular flexibility index (Phi) is 5.18. The average molecular weight is 407 g/mol. The van der Waals surface area contributed by atoms with Crippen LogP contribution < -0.4 is 5.73 Å². The van der Waals surface area contributed by atoms with E-state index in [9.17, 15) is 14.0 Å². The molecule has 2 aromatic carbocycles. The van der Waals surface area contributed by atoms with Gasteiger partial charge in [-0.2, -0.15) is 0 Å². The predicted octanol–water partition coefficient (Wildman–Crippen LogP) is 3.96. The van der Waals surface area contributed by atoms with Gasteiger partial charge < -0.3 is 5.73 Å². The molecule has 1 fully saturated rings. The van der Waals surface area contributed by atoms with E-state index in [0.717, 1.165) is 30.4 Å². The van der Waals surface area contributed by atoms with Gasteiger partial charge in [0.1, 0.15) is 23.2 Å². The molecule has 2 aromatic rings. The van der Waals surface area contributed by atoms with E-state index < -0.39 is 17.6 Å². The van der Waals surface area contributed by atoms with Gasteiger partial charge in [-0.25, -0.2) is 4.39 Å². The Labute approximate surface area is 175 Å². The molecule has 1 saturated carbocycles. The quantitative estimate of drug-likeness (QED) is 0.833. The van der Waals surface area contributed by atoms with E-state index in [1.165, 1.54) is 12.1 Å². The summed E-state index contributed by atoms with van der Waals surface area (Å²) in [6, 6.07) is 10.6. The van der Waals surface area contributed by atoms with Crippen LogP contribution in [0.15, 0.2) is 47.5 Å². The molecule has 0 aromatic heterocycles. The van der Waals surface area contributed by atoms with Gasteiger partial charge in [-0.15, -0.1) is 0 Å². The Hall–Kier alpha value is -3.02. The van der Waals surface area contributed by atoms with Gasteiger partial charge in [0.25, 0.3) is 5.91 Å². The molecule has 1 spiro atoms. The lowest BCUT2D eigenvalue weighted by atomic mass is 9.86. The summed E-state index contributed by atoms with van der Waals surface area (Å²) < 4.78 is 13.4. The maximum atomic E-state index is 13.6. The van der Waals surface area contributed by atoms with Crippen molar-refractivity contribution in [3.05, 3.63) is 70.5 Å². The van der Waals surface area contributed by atoms with Crippen molar-refractivity contribution in [1.29, 1.82) is 0 Å². The fourth-order valence-corrected chi connectivity index (χ4v) is 4.61. The van der Waals surface area contributed by atoms with Crippen LogP contribution in [0.25, 0.3) is 0 Å². The zero-order chi connectivity index (χ0) is 21.5. The minimum atomic E-state index is -0.906. The van der Waals surface area contributed by atoms with Crippen LogP contribution in [0.3, 0.4) is 0 Å². The summed E-state index contributed by atoms with van der Waals surface area (Å²) in [4.78, 5) is 32.8. The number of nitrogens with zero attached hydrogens (tertiary/aromatic N) is 2. The summed E-state index contributed by atoms with van der Waals surface area (Å²) in [5.41, 5.74) is 8.72. The van der Waals surface area contributed by atoms with Gasteiger partial charge in [-0.05, 0) is 80.5 Å². The summed E-state index contributed by atoms with van der Waals surface area (Å²) >= 11 is 0. The first-order chi connectivity index (χ1) is 14.3. The minimum Gasteiger partial charge on any atom is -0.368 e. The van der Waals surface area contributed by atoms with E-state index >= 15 is 0 Å². The first-order valence-electron chi connectivity index (χ1n) is 10.4. The number of aryl methyl sites for hydroxylation is 2. The number of hydrogen-bond acceptors (Lipinski definition) is 3. The van der Waals surface area contributed by atoms with E-state index in [4.69, 9.17) is 10.7 Å². The molecule has 30 heavy (non-hydrogen) atoms. The fourth-order valence-electron chi connectivity index (χ4n) is 4.61. The van der Waals surface area contributed by atoms with Crippen LogP contribution in [0.4, 0.5) is 4.39 Å². The first-order valence-corrected chi connectivity index (χ1v) is 10.4. The highest BCUT2D eigenvalue weighted by atomic mass is 19.1. The summed E-state index contributed by atoms with van der Waals surface area (Å²) in [7, 11) is 0. The topological polar surface area (TPSA) is 75.8 Å². The fraction of sp³-hybridized carbons (Fsp3) is 0.375. The molecular weight excluding hydrogens is 381 g/mol. The summed E-state index contributed by atoms with van der Waals surface area (Å²) in [5.74, 6) is -1.28. The molecule has 2 amide bonds. The number of aliphatic imine (C=N–C) groups is 1. The van der Waals surface area contributed by atoms with Crippen LogP contribution in [0.1, 0.15) is 60.4 Å². The Balaban J connectivity index is 1.83. The molecule has 0 saturated heterocycles. The summed E-state index contributed by atoms with van der Waals surface area (Å²) in [6.07, 6.45) is 4.26. The monoisotopic (exact) mass is 407 g/mol. The predicted molar refractivity (Wildman–Crippen MR) is 113 cm³/mol. The number of halogens is 1. The van der Waals surface area contributed by atoms with Gasteiger partial charge >= 0.3 is 0 Å². The summed E-state index contributed by atoms with van der Waals surface area (Å²) in [6.45, 7) is 3.97. The highest BCUT2D eigenvalue weighted by Gasteiger charge is 2.52. The Morgan fingerprint density at radius 2 is 1.73 bits per heavy atom. The maximum absolute atomic E-state index is 13.6. The van der Waals surface area contributed by atoms with Gasteiger partial charge in [-0.3, -0.25) is 19.5 Å². The lowest BCUT2D eigenvalue weighted by Gasteiger charge is -2.42. The van der Waals surface area contributed by atoms with Crippen molar-refractivity contribution in [2.24, 2.45) is 10.7 Å². The van der Waals surface area contributed by atoms with Crippen molar-refractivity contribution in [1.82, 2.24) is 4.90 Å². The first kappa shape index (κ1) is 20.3. The zero-order valence-corrected chi connectivity index (χ0v) is 17.3. The number of hydrogen-bond donors (Lipinski definition) is 1. The highest BCUT2D eigenvalue weighted by molar-refractivity contribution is 6.47. The highest BCUT2D eigenvalue weighted by Crippen LogP contribution is 2.44. The van der Waals surface area contributed by atoms with Crippen molar-refractivity contribution >= 4 is 17.5 Å². The van der Waals surface area contributed by atoms with Crippen molar-refractivity contribution < 1.29 is 14.0 Å². The van der Waals surface area contributed by atoms with Crippen molar-refractivity contribution in [2.45, 2.75) is 57.7 Å². The molecule has 0 radical (unpaired) electrons. The molecular formula is C24H26FN3O2. The molecule has 1 aliphatic heterocycles. The second-order valence-electron chi connectivity index (χ2n) is 8.33. The van der Waals surface area contributed by atoms with E-state index in [-0.39, 0.29) is 17.4 Å². The van der Waals surface area contributed by atoms with Gasteiger partial charge in [0.15, 0.2) is 0 Å². The molecule has 6 heteroatoms. The molecule has 1 atom stereocenters. The number of nitrogens with two attached hydrogens (primary N) is 1. The Morgan fingerprint density at radius 3 is 2.33 bits per heavy atom. The number of carbonyl (C=O) groups excluding carboxylic acids is 2. The van der Waals surface area contributed by atoms with Crippen LogP contribution in [-0.2, 0) is 9.59 Å². The van der Waals surface area contributed by atoms with Crippen LogP contribution >= 0.6 is 0 Å². The minimum absolute atomic E-state index is 0.270. The number of primary amides is 1. The Morgan fingerprint density at radius 1 is 1.07 bits per heavy atom. The SMILES string of the molecule is Cc1ccc(C(C(N)=O)N2C(=O)C(c3ccc(F)cc3)=NC23CCCCC3)cc1C. The molecule has 2 aliphatic rings. The van der Waals surface area contributed by atoms with Gasteiger partial charge in [0.05, 0.1) is 0 Å². The van der Waals surface area contributed by atoms with Crippen LogP contribution in [-0.4, -0.2) is 28.1 Å². The molecule has 5 nitrogen and oxygen atoms in total. The van der Waals surface area contributed by atoms with Crippen LogP contribution in [0.5, 0.6) is 0 Å². The summed E-state index contributed by atoms with van der Waals surface area (Å²) in [5, 5.41) is 0. The third-order valence-corrected chi connectivity index (χ3v) is 6.34. The number of carbonyl (C=O) groups is 2. The molecule has 2 N–H and O–H groups in total. The van der Waals surface area contributed by atoms with E-state index in [0.29, 0.717) is 24.0 Å². The van der Waals surface area contributed by atoms with Crippen molar-refractivity contribution in [3.63, 3.8) is 0 Å². The van der Waals surface area contributed by atoms with Crippen molar-refractivity contribution in [3.8, 4) is 0 Å². The molecule has 4 rings (SSSR count). The maximum Gasteiger partial charge on any atom is 0.275 e. The molecule has 1 unspecified atom stereocenters. The number of rotatable bonds is 4. The van der Waals surface area contributed by atoms with Crippen LogP contribution in [0, 0.1) is 19.7 Å². The zero-order valence-electron chi connectivity index (χ0n) is 17.3. The lowest BCUT2D eigenvalue weighted by molar-refractivity contribution is -0.141. The van der Waals surface area contributed by atoms with Gasteiger partial charge in [-0.1, -0.05) is 24.6 Å². The Bertz CT molecular complexity index is 1020. The molecule has 156 valence electrons. The number of benzene rings is 2. The van der Waals surface area contributed by atoms with E-state index in [1.54, 1.807) is 17.0 Å².